The molecule has 0 aliphatic carbocycles. The molecule has 2 rings (SSSR count). The summed E-state index contributed by atoms with van der Waals surface area (Å²) < 4.78 is 5.20. The molecule has 5 heteroatoms. The number of methoxy groups -OCH3 is 1. The summed E-state index contributed by atoms with van der Waals surface area (Å²) in [6, 6.07) is 7.61. The van der Waals surface area contributed by atoms with Crippen LogP contribution >= 0.6 is 11.3 Å². The van der Waals surface area contributed by atoms with E-state index < -0.39 is 6.10 Å². The van der Waals surface area contributed by atoms with Crippen molar-refractivity contribution >= 4 is 11.3 Å². The van der Waals surface area contributed by atoms with E-state index >= 15 is 0 Å². The summed E-state index contributed by atoms with van der Waals surface area (Å²) >= 11 is 1.68. The molecule has 1 heterocycles. The van der Waals surface area contributed by atoms with Crippen LogP contribution in [0.5, 0.6) is 5.75 Å². The smallest absolute Gasteiger partial charge is 0.119 e. The minimum absolute atomic E-state index is 0.503. The van der Waals surface area contributed by atoms with Crippen molar-refractivity contribution in [2.24, 2.45) is 0 Å². The Hall–Kier alpha value is -1.43. The number of aliphatic hydroxyl groups excluding tert-OH is 1. The van der Waals surface area contributed by atoms with Crippen molar-refractivity contribution in [2.45, 2.75) is 19.4 Å². The average molecular weight is 306 g/mol. The van der Waals surface area contributed by atoms with Gasteiger partial charge in [-0.15, -0.1) is 11.3 Å². The second kappa shape index (κ2) is 8.12. The van der Waals surface area contributed by atoms with Gasteiger partial charge in [0.1, 0.15) is 5.75 Å². The fraction of sp³-hybridized carbons (Fsp3) is 0.438. The number of thiazole rings is 1. The third kappa shape index (κ3) is 4.81. The van der Waals surface area contributed by atoms with E-state index in [0.29, 0.717) is 6.54 Å². The van der Waals surface area contributed by atoms with E-state index in [2.05, 4.69) is 16.8 Å². The molecule has 1 atom stereocenters. The number of hydrogen-bond acceptors (Lipinski definition) is 5. The molecule has 0 spiro atoms. The molecule has 0 bridgehead atoms. The Bertz CT molecular complexity index is 531. The van der Waals surface area contributed by atoms with Gasteiger partial charge in [-0.25, -0.2) is 4.98 Å². The van der Waals surface area contributed by atoms with E-state index in [4.69, 9.17) is 4.74 Å². The molecule has 4 nitrogen and oxygen atoms in total. The highest BCUT2D eigenvalue weighted by molar-refractivity contribution is 7.09. The molecule has 1 aromatic heterocycles. The maximum absolute atomic E-state index is 10.4. The fourth-order valence-corrected chi connectivity index (χ4v) is 2.82. The number of aromatic nitrogens is 1. The molecule has 0 aliphatic rings. The molecule has 1 N–H and O–H groups in total. The van der Waals surface area contributed by atoms with Crippen molar-refractivity contribution in [3.8, 4) is 5.75 Å². The number of rotatable bonds is 8. The van der Waals surface area contributed by atoms with E-state index in [0.717, 1.165) is 35.8 Å². The lowest BCUT2D eigenvalue weighted by molar-refractivity contribution is 0.116. The highest BCUT2D eigenvalue weighted by atomic mass is 32.1. The number of aliphatic hydroxyl groups is 1. The summed E-state index contributed by atoms with van der Waals surface area (Å²) in [6.45, 7) is 4.55. The van der Waals surface area contributed by atoms with Gasteiger partial charge in [-0.2, -0.15) is 0 Å². The first-order chi connectivity index (χ1) is 10.2. The van der Waals surface area contributed by atoms with Gasteiger partial charge in [-0.05, 0) is 24.2 Å². The molecule has 2 aromatic rings. The molecule has 0 aliphatic heterocycles. The Balaban J connectivity index is 1.90. The molecule has 0 amide bonds. The van der Waals surface area contributed by atoms with Crippen LogP contribution < -0.4 is 4.74 Å². The molecule has 1 aromatic carbocycles. The molecule has 0 fully saturated rings. The third-order valence-corrected chi connectivity index (χ3v) is 4.32. The van der Waals surface area contributed by atoms with E-state index in [1.54, 1.807) is 18.4 Å². The Morgan fingerprint density at radius 1 is 1.43 bits per heavy atom. The van der Waals surface area contributed by atoms with E-state index in [9.17, 15) is 5.11 Å². The van der Waals surface area contributed by atoms with Crippen LogP contribution in [-0.2, 0) is 6.42 Å². The van der Waals surface area contributed by atoms with Gasteiger partial charge in [0, 0.05) is 31.1 Å². The van der Waals surface area contributed by atoms with Crippen LogP contribution in [0.25, 0.3) is 0 Å². The lowest BCUT2D eigenvalue weighted by Gasteiger charge is -2.23. The van der Waals surface area contributed by atoms with Gasteiger partial charge in [0.2, 0.25) is 0 Å². The Morgan fingerprint density at radius 3 is 2.95 bits per heavy atom. The van der Waals surface area contributed by atoms with E-state index in [-0.39, 0.29) is 0 Å². The first kappa shape index (κ1) is 15.9. The number of nitrogens with zero attached hydrogens (tertiary/aromatic N) is 2. The maximum Gasteiger partial charge on any atom is 0.119 e. The van der Waals surface area contributed by atoms with Gasteiger partial charge >= 0.3 is 0 Å². The SMILES string of the molecule is CCN(CCc1nccs1)CC(O)c1cccc(OC)c1. The van der Waals surface area contributed by atoms with Crippen molar-refractivity contribution in [1.29, 1.82) is 0 Å². The molecule has 114 valence electrons. The topological polar surface area (TPSA) is 45.6 Å². The second-order valence-corrected chi connectivity index (χ2v) is 5.84. The lowest BCUT2D eigenvalue weighted by Crippen LogP contribution is -2.30. The average Bonchev–Trinajstić information content (AvgIpc) is 3.04. The zero-order valence-corrected chi connectivity index (χ0v) is 13.3. The van der Waals surface area contributed by atoms with Crippen LogP contribution in [0.2, 0.25) is 0 Å². The number of hydrogen-bond donors (Lipinski definition) is 1. The molecular weight excluding hydrogens is 284 g/mol. The number of ether oxygens (including phenoxy) is 1. The van der Waals surface area contributed by atoms with Crippen molar-refractivity contribution in [1.82, 2.24) is 9.88 Å². The van der Waals surface area contributed by atoms with E-state index in [1.807, 2.05) is 35.8 Å². The minimum atomic E-state index is -0.503. The van der Waals surface area contributed by atoms with E-state index in [1.165, 1.54) is 0 Å². The quantitative estimate of drug-likeness (QED) is 0.814. The van der Waals surface area contributed by atoms with Gasteiger partial charge < -0.3 is 14.7 Å². The highest BCUT2D eigenvalue weighted by Crippen LogP contribution is 2.20. The van der Waals surface area contributed by atoms with Gasteiger partial charge in [0.25, 0.3) is 0 Å². The van der Waals surface area contributed by atoms with Crippen molar-refractivity contribution in [2.75, 3.05) is 26.7 Å². The Kier molecular flexibility index (Phi) is 6.17. The van der Waals surface area contributed by atoms with Crippen molar-refractivity contribution < 1.29 is 9.84 Å². The first-order valence-corrected chi connectivity index (χ1v) is 8.03. The molecular formula is C16H22N2O2S. The minimum Gasteiger partial charge on any atom is -0.497 e. The van der Waals surface area contributed by atoms with Crippen LogP contribution in [0.1, 0.15) is 23.6 Å². The number of benzene rings is 1. The largest absolute Gasteiger partial charge is 0.497 e. The Labute approximate surface area is 130 Å². The molecule has 21 heavy (non-hydrogen) atoms. The summed E-state index contributed by atoms with van der Waals surface area (Å²) in [4.78, 5) is 6.54. The van der Waals surface area contributed by atoms with Gasteiger partial charge in [-0.3, -0.25) is 0 Å². The van der Waals surface area contributed by atoms with Gasteiger partial charge in [-0.1, -0.05) is 19.1 Å². The summed E-state index contributed by atoms with van der Waals surface area (Å²) in [7, 11) is 1.64. The maximum atomic E-state index is 10.4. The third-order valence-electron chi connectivity index (χ3n) is 3.48. The zero-order valence-electron chi connectivity index (χ0n) is 12.5. The highest BCUT2D eigenvalue weighted by Gasteiger charge is 2.13. The van der Waals surface area contributed by atoms with Crippen molar-refractivity contribution in [3.63, 3.8) is 0 Å². The normalized spacial score (nSPS) is 12.6. The second-order valence-electron chi connectivity index (χ2n) is 4.86. The first-order valence-electron chi connectivity index (χ1n) is 7.15. The fourth-order valence-electron chi connectivity index (χ4n) is 2.21. The van der Waals surface area contributed by atoms with Crippen LogP contribution in [0.3, 0.4) is 0 Å². The predicted octanol–water partition coefficient (Wildman–Crippen LogP) is 2.75. The standard InChI is InChI=1S/C16H22N2O2S/c1-3-18(9-7-16-17-8-10-21-16)12-15(19)13-5-4-6-14(11-13)20-2/h4-6,8,10-11,15,19H,3,7,9,12H2,1-2H3. The van der Waals surface area contributed by atoms with Crippen LogP contribution in [0.15, 0.2) is 35.8 Å². The Morgan fingerprint density at radius 2 is 2.29 bits per heavy atom. The molecule has 0 radical (unpaired) electrons. The number of likely N-dealkylation sites (N-methyl/N-ethyl adjacent to an activating group) is 1. The lowest BCUT2D eigenvalue weighted by atomic mass is 10.1. The zero-order chi connectivity index (χ0) is 15.1. The summed E-state index contributed by atoms with van der Waals surface area (Å²) in [5.74, 6) is 0.775. The van der Waals surface area contributed by atoms with Crippen LogP contribution in [0, 0.1) is 0 Å². The van der Waals surface area contributed by atoms with Gasteiger partial charge in [0.15, 0.2) is 0 Å². The summed E-state index contributed by atoms with van der Waals surface area (Å²) in [5.41, 5.74) is 0.891. The molecule has 0 saturated heterocycles. The summed E-state index contributed by atoms with van der Waals surface area (Å²) in [5, 5.41) is 13.5. The van der Waals surface area contributed by atoms with Gasteiger partial charge in [0.05, 0.1) is 18.2 Å². The monoisotopic (exact) mass is 306 g/mol. The molecule has 0 saturated carbocycles. The predicted molar refractivity (Wildman–Crippen MR) is 85.9 cm³/mol. The van der Waals surface area contributed by atoms with Crippen LogP contribution in [-0.4, -0.2) is 41.7 Å². The molecule has 1 unspecified atom stereocenters. The van der Waals surface area contributed by atoms with Crippen molar-refractivity contribution in [3.05, 3.63) is 46.4 Å². The summed E-state index contributed by atoms with van der Waals surface area (Å²) in [6.07, 6.45) is 2.26. The van der Waals surface area contributed by atoms with Crippen LogP contribution in [0.4, 0.5) is 0 Å².